The summed E-state index contributed by atoms with van der Waals surface area (Å²) in [6.45, 7) is 6.68. The average molecular weight is 556 g/mol. The monoisotopic (exact) mass is 555 g/mol. The van der Waals surface area contributed by atoms with Gasteiger partial charge in [0.15, 0.2) is 11.5 Å². The van der Waals surface area contributed by atoms with Crippen molar-refractivity contribution in [3.63, 3.8) is 0 Å². The first-order chi connectivity index (χ1) is 18.3. The van der Waals surface area contributed by atoms with Gasteiger partial charge in [0.25, 0.3) is 5.91 Å². The van der Waals surface area contributed by atoms with E-state index in [9.17, 15) is 14.7 Å². The lowest BCUT2D eigenvalue weighted by molar-refractivity contribution is -0.145. The summed E-state index contributed by atoms with van der Waals surface area (Å²) in [4.78, 5) is 27.0. The molecule has 2 atom stereocenters. The molecule has 0 aliphatic carbocycles. The van der Waals surface area contributed by atoms with Crippen molar-refractivity contribution in [1.82, 2.24) is 4.90 Å². The normalized spacial score (nSPS) is 16.1. The van der Waals surface area contributed by atoms with E-state index in [1.807, 2.05) is 55.5 Å². The number of ether oxygens (including phenoxy) is 2. The number of nitrogens with zero attached hydrogens (tertiary/aromatic N) is 1. The number of hydrogen-bond acceptors (Lipinski definition) is 6. The summed E-state index contributed by atoms with van der Waals surface area (Å²) < 4.78 is 12.3. The maximum Gasteiger partial charge on any atom is 0.327 e. The Hall–Kier alpha value is -2.84. The largest absolute Gasteiger partial charge is 0.490 e. The molecule has 0 saturated carbocycles. The Morgan fingerprint density at radius 2 is 1.82 bits per heavy atom. The van der Waals surface area contributed by atoms with Crippen molar-refractivity contribution in [1.29, 1.82) is 0 Å². The minimum atomic E-state index is -1.09. The molecule has 1 fully saturated rings. The lowest BCUT2D eigenvalue weighted by Gasteiger charge is -2.23. The maximum absolute atomic E-state index is 13.3. The molecule has 0 radical (unpaired) electrons. The van der Waals surface area contributed by atoms with Gasteiger partial charge < -0.3 is 14.6 Å². The van der Waals surface area contributed by atoms with Crippen LogP contribution in [0.15, 0.2) is 53.4 Å². The van der Waals surface area contributed by atoms with Crippen molar-refractivity contribution in [2.24, 2.45) is 0 Å². The van der Waals surface area contributed by atoms with E-state index >= 15 is 0 Å². The van der Waals surface area contributed by atoms with Crippen molar-refractivity contribution in [3.05, 3.63) is 64.6 Å². The van der Waals surface area contributed by atoms with Gasteiger partial charge in [0, 0.05) is 6.42 Å². The second kappa shape index (κ2) is 14.9. The van der Waals surface area contributed by atoms with Crippen molar-refractivity contribution in [3.8, 4) is 11.5 Å². The van der Waals surface area contributed by atoms with Crippen molar-refractivity contribution >= 4 is 46.3 Å². The highest BCUT2D eigenvalue weighted by Gasteiger charge is 2.40. The molecule has 0 aromatic heterocycles. The van der Waals surface area contributed by atoms with Crippen molar-refractivity contribution in [2.45, 2.75) is 77.9 Å². The lowest BCUT2D eigenvalue weighted by Crippen LogP contribution is -2.45. The number of carboxylic acid groups (broad SMARTS) is 1. The molecule has 1 aliphatic heterocycles. The van der Waals surface area contributed by atoms with Crippen LogP contribution in [0.2, 0.25) is 0 Å². The zero-order chi connectivity index (χ0) is 27.5. The Morgan fingerprint density at radius 1 is 1.08 bits per heavy atom. The SMILES string of the molecule is CCCCCCC[C@@H](C)Oc1ccc(/C=C2/SC(=S)N([C@@H](Cc3ccccc3)C(=O)O)C2=O)cc1OCC. The lowest BCUT2D eigenvalue weighted by atomic mass is 10.0. The van der Waals surface area contributed by atoms with Crippen LogP contribution in [0.4, 0.5) is 0 Å². The highest BCUT2D eigenvalue weighted by molar-refractivity contribution is 8.26. The maximum atomic E-state index is 13.3. The first kappa shape index (κ1) is 29.7. The summed E-state index contributed by atoms with van der Waals surface area (Å²) in [7, 11) is 0. The first-order valence-electron chi connectivity index (χ1n) is 13.3. The third kappa shape index (κ3) is 8.33. The van der Waals surface area contributed by atoms with E-state index in [4.69, 9.17) is 21.7 Å². The zero-order valence-corrected chi connectivity index (χ0v) is 24.0. The number of unbranched alkanes of at least 4 members (excludes halogenated alkanes) is 4. The quantitative estimate of drug-likeness (QED) is 0.143. The van der Waals surface area contributed by atoms with Gasteiger partial charge in [-0.1, -0.05) is 93.0 Å². The standard InChI is InChI=1S/C30H37NO5S2/c1-4-6-7-8-10-13-21(3)36-25-17-16-23(19-26(25)35-5-2)20-27-28(32)31(30(37)38-27)24(29(33)34)18-22-14-11-9-12-15-22/h9,11-12,14-17,19-21,24H,4-8,10,13,18H2,1-3H3,(H,33,34)/b27-20+/t21-,24+/m1/s1. The molecule has 0 bridgehead atoms. The number of rotatable bonds is 15. The molecule has 1 N–H and O–H groups in total. The highest BCUT2D eigenvalue weighted by atomic mass is 32.2. The van der Waals surface area contributed by atoms with Crippen LogP contribution >= 0.6 is 24.0 Å². The van der Waals surface area contributed by atoms with E-state index in [2.05, 4.69) is 13.8 Å². The fourth-order valence-electron chi connectivity index (χ4n) is 4.32. The van der Waals surface area contributed by atoms with Crippen LogP contribution in [-0.4, -0.2) is 45.0 Å². The zero-order valence-electron chi connectivity index (χ0n) is 22.4. The van der Waals surface area contributed by atoms with Gasteiger partial charge in [-0.15, -0.1) is 0 Å². The van der Waals surface area contributed by atoms with E-state index < -0.39 is 17.9 Å². The average Bonchev–Trinajstić information content (AvgIpc) is 3.16. The molecule has 1 aliphatic rings. The van der Waals surface area contributed by atoms with Gasteiger partial charge in [-0.25, -0.2) is 4.79 Å². The summed E-state index contributed by atoms with van der Waals surface area (Å²) in [6, 6.07) is 13.7. The summed E-state index contributed by atoms with van der Waals surface area (Å²) in [6.07, 6.45) is 9.05. The molecule has 0 unspecified atom stereocenters. The van der Waals surface area contributed by atoms with Crippen molar-refractivity contribution < 1.29 is 24.2 Å². The van der Waals surface area contributed by atoms with Crippen LogP contribution in [0.1, 0.15) is 70.4 Å². The Balaban J connectivity index is 1.73. The number of carboxylic acids is 1. The van der Waals surface area contributed by atoms with E-state index in [0.29, 0.717) is 23.0 Å². The molecule has 38 heavy (non-hydrogen) atoms. The Bertz CT molecular complexity index is 1130. The van der Waals surface area contributed by atoms with Crippen LogP contribution in [0.25, 0.3) is 6.08 Å². The number of amides is 1. The summed E-state index contributed by atoms with van der Waals surface area (Å²) >= 11 is 6.55. The van der Waals surface area contributed by atoms with Crippen LogP contribution in [0.3, 0.4) is 0 Å². The molecule has 1 amide bonds. The molecular formula is C30H37NO5S2. The number of thioether (sulfide) groups is 1. The molecule has 2 aromatic carbocycles. The molecule has 1 heterocycles. The fourth-order valence-corrected chi connectivity index (χ4v) is 5.67. The molecule has 0 spiro atoms. The number of aliphatic carboxylic acids is 1. The van der Waals surface area contributed by atoms with Crippen LogP contribution < -0.4 is 9.47 Å². The second-order valence-corrected chi connectivity index (χ2v) is 11.0. The summed E-state index contributed by atoms with van der Waals surface area (Å²) in [5.41, 5.74) is 1.58. The van der Waals surface area contributed by atoms with Gasteiger partial charge in [-0.3, -0.25) is 9.69 Å². The molecule has 2 aromatic rings. The Morgan fingerprint density at radius 3 is 2.50 bits per heavy atom. The summed E-state index contributed by atoms with van der Waals surface area (Å²) in [5.74, 6) is -0.210. The first-order valence-corrected chi connectivity index (χ1v) is 14.5. The second-order valence-electron chi connectivity index (χ2n) is 9.37. The molecule has 6 nitrogen and oxygen atoms in total. The van der Waals surface area contributed by atoms with Gasteiger partial charge in [0.2, 0.25) is 0 Å². The third-order valence-electron chi connectivity index (χ3n) is 6.30. The smallest absolute Gasteiger partial charge is 0.327 e. The van der Waals surface area contributed by atoms with E-state index in [1.165, 1.54) is 30.6 Å². The minimum absolute atomic E-state index is 0.0653. The Labute approximate surface area is 235 Å². The molecule has 1 saturated heterocycles. The number of carbonyl (C=O) groups excluding carboxylic acids is 1. The third-order valence-corrected chi connectivity index (χ3v) is 7.63. The number of thiocarbonyl (C=S) groups is 1. The van der Waals surface area contributed by atoms with Crippen LogP contribution in [0, 0.1) is 0 Å². The number of carbonyl (C=O) groups is 2. The van der Waals surface area contributed by atoms with E-state index in [0.717, 1.165) is 35.7 Å². The summed E-state index contributed by atoms with van der Waals surface area (Å²) in [5, 5.41) is 9.88. The number of hydrogen-bond donors (Lipinski definition) is 1. The van der Waals surface area contributed by atoms with Gasteiger partial charge in [-0.05, 0) is 56.0 Å². The van der Waals surface area contributed by atoms with Gasteiger partial charge >= 0.3 is 5.97 Å². The molecular weight excluding hydrogens is 518 g/mol. The van der Waals surface area contributed by atoms with Crippen LogP contribution in [-0.2, 0) is 16.0 Å². The van der Waals surface area contributed by atoms with E-state index in [1.54, 1.807) is 6.08 Å². The fraction of sp³-hybridized carbons (Fsp3) is 0.433. The van der Waals surface area contributed by atoms with Gasteiger partial charge in [0.05, 0.1) is 17.6 Å². The van der Waals surface area contributed by atoms with Gasteiger partial charge in [-0.2, -0.15) is 0 Å². The minimum Gasteiger partial charge on any atom is -0.490 e. The van der Waals surface area contributed by atoms with Crippen LogP contribution in [0.5, 0.6) is 11.5 Å². The Kier molecular flexibility index (Phi) is 11.7. The van der Waals surface area contributed by atoms with Gasteiger partial charge in [0.1, 0.15) is 10.4 Å². The predicted octanol–water partition coefficient (Wildman–Crippen LogP) is 7.11. The molecule has 3 rings (SSSR count). The molecule has 8 heteroatoms. The topological polar surface area (TPSA) is 76.1 Å². The predicted molar refractivity (Wildman–Crippen MR) is 158 cm³/mol. The highest BCUT2D eigenvalue weighted by Crippen LogP contribution is 2.37. The number of benzene rings is 2. The van der Waals surface area contributed by atoms with Crippen molar-refractivity contribution in [2.75, 3.05) is 6.61 Å². The molecule has 204 valence electrons. The van der Waals surface area contributed by atoms with E-state index in [-0.39, 0.29) is 16.8 Å².